The van der Waals surface area contributed by atoms with Crippen LogP contribution >= 0.6 is 0 Å². The fraction of sp³-hybridized carbons (Fsp3) is 0.500. The van der Waals surface area contributed by atoms with Crippen molar-refractivity contribution in [3.05, 3.63) is 30.1 Å². The lowest BCUT2D eigenvalue weighted by Gasteiger charge is -2.16. The molecule has 0 bridgehead atoms. The fourth-order valence-corrected chi connectivity index (χ4v) is 1.18. The molecule has 76 valence electrons. The van der Waals surface area contributed by atoms with E-state index < -0.39 is 0 Å². The van der Waals surface area contributed by atoms with E-state index >= 15 is 0 Å². The normalized spacial score (nSPS) is 11.4. The van der Waals surface area contributed by atoms with Crippen LogP contribution in [0, 0.1) is 5.41 Å². The highest BCUT2D eigenvalue weighted by molar-refractivity contribution is 5.83. The van der Waals surface area contributed by atoms with Crippen molar-refractivity contribution < 1.29 is 4.79 Å². The van der Waals surface area contributed by atoms with Gasteiger partial charge in [-0.2, -0.15) is 0 Å². The van der Waals surface area contributed by atoms with Crippen molar-refractivity contribution in [2.24, 2.45) is 5.41 Å². The maximum absolute atomic E-state index is 11.6. The van der Waals surface area contributed by atoms with Crippen LogP contribution in [0.15, 0.2) is 24.5 Å². The fourth-order valence-electron chi connectivity index (χ4n) is 1.18. The Balaban J connectivity index is 2.46. The topological polar surface area (TPSA) is 30.0 Å². The summed E-state index contributed by atoms with van der Waals surface area (Å²) in [6.45, 7) is 5.87. The number of carbonyl (C=O) groups is 1. The van der Waals surface area contributed by atoms with Gasteiger partial charge in [0.25, 0.3) is 0 Å². The number of nitrogens with zero attached hydrogens (tertiary/aromatic N) is 1. The van der Waals surface area contributed by atoms with Gasteiger partial charge >= 0.3 is 0 Å². The number of carbonyl (C=O) groups excluding carboxylic acids is 1. The number of rotatable bonds is 3. The highest BCUT2D eigenvalue weighted by Crippen LogP contribution is 2.17. The number of aromatic nitrogens is 1. The predicted molar refractivity (Wildman–Crippen MR) is 57.0 cm³/mol. The second kappa shape index (κ2) is 4.36. The molecule has 0 saturated heterocycles. The van der Waals surface area contributed by atoms with Crippen LogP contribution in [0.4, 0.5) is 0 Å². The van der Waals surface area contributed by atoms with Gasteiger partial charge in [0.2, 0.25) is 0 Å². The second-order valence-electron chi connectivity index (χ2n) is 4.53. The van der Waals surface area contributed by atoms with Gasteiger partial charge in [-0.05, 0) is 18.1 Å². The second-order valence-corrected chi connectivity index (χ2v) is 4.53. The standard InChI is InChI=1S/C12H17NO/c1-12(2,3)11(14)7-6-10-5-4-8-13-9-10/h4-5,8-9H,6-7H2,1-3H3. The number of hydrogen-bond acceptors (Lipinski definition) is 2. The van der Waals surface area contributed by atoms with Crippen LogP contribution in [0.25, 0.3) is 0 Å². The van der Waals surface area contributed by atoms with Crippen LogP contribution in [0.5, 0.6) is 0 Å². The number of aryl methyl sites for hydroxylation is 1. The Bertz CT molecular complexity index is 298. The molecule has 1 heterocycles. The van der Waals surface area contributed by atoms with Crippen LogP contribution in [0.2, 0.25) is 0 Å². The molecule has 0 unspecified atom stereocenters. The zero-order valence-electron chi connectivity index (χ0n) is 9.08. The van der Waals surface area contributed by atoms with Gasteiger partial charge in [0.15, 0.2) is 0 Å². The summed E-state index contributed by atoms with van der Waals surface area (Å²) in [6, 6.07) is 3.90. The van der Waals surface area contributed by atoms with Crippen LogP contribution in [0.3, 0.4) is 0 Å². The molecule has 0 spiro atoms. The average Bonchev–Trinajstić information content (AvgIpc) is 2.14. The van der Waals surface area contributed by atoms with Crippen molar-refractivity contribution in [2.45, 2.75) is 33.6 Å². The predicted octanol–water partition coefficient (Wildman–Crippen LogP) is 2.63. The molecular formula is C12H17NO. The molecule has 0 N–H and O–H groups in total. The van der Waals surface area contributed by atoms with E-state index in [2.05, 4.69) is 4.98 Å². The summed E-state index contributed by atoms with van der Waals surface area (Å²) in [7, 11) is 0. The number of hydrogen-bond donors (Lipinski definition) is 0. The maximum atomic E-state index is 11.6. The van der Waals surface area contributed by atoms with Crippen molar-refractivity contribution in [3.8, 4) is 0 Å². The number of Topliss-reactive ketones (excluding diaryl/α,β-unsaturated/α-hetero) is 1. The molecule has 1 aromatic rings. The zero-order valence-corrected chi connectivity index (χ0v) is 9.08. The molecule has 14 heavy (non-hydrogen) atoms. The summed E-state index contributed by atoms with van der Waals surface area (Å²) < 4.78 is 0. The Morgan fingerprint density at radius 3 is 2.64 bits per heavy atom. The first-order valence-corrected chi connectivity index (χ1v) is 4.92. The van der Waals surface area contributed by atoms with Crippen LogP contribution in [0.1, 0.15) is 32.8 Å². The summed E-state index contributed by atoms with van der Waals surface area (Å²) in [5, 5.41) is 0. The molecular weight excluding hydrogens is 174 g/mol. The summed E-state index contributed by atoms with van der Waals surface area (Å²) in [5.41, 5.74) is 0.910. The van der Waals surface area contributed by atoms with Gasteiger partial charge in [0.1, 0.15) is 5.78 Å². The van der Waals surface area contributed by atoms with Crippen LogP contribution in [-0.4, -0.2) is 10.8 Å². The van der Waals surface area contributed by atoms with Gasteiger partial charge in [-0.15, -0.1) is 0 Å². The molecule has 0 saturated carbocycles. The van der Waals surface area contributed by atoms with Crippen molar-refractivity contribution in [3.63, 3.8) is 0 Å². The monoisotopic (exact) mass is 191 g/mol. The first kappa shape index (κ1) is 10.9. The van der Waals surface area contributed by atoms with Crippen LogP contribution < -0.4 is 0 Å². The van der Waals surface area contributed by atoms with E-state index in [9.17, 15) is 4.79 Å². The molecule has 0 atom stereocenters. The first-order valence-electron chi connectivity index (χ1n) is 4.92. The molecule has 0 radical (unpaired) electrons. The van der Waals surface area contributed by atoms with Crippen LogP contribution in [-0.2, 0) is 11.2 Å². The molecule has 1 aromatic heterocycles. The third-order valence-electron chi connectivity index (χ3n) is 2.20. The lowest BCUT2D eigenvalue weighted by atomic mass is 9.87. The Kier molecular flexibility index (Phi) is 3.39. The van der Waals surface area contributed by atoms with Gasteiger partial charge in [-0.1, -0.05) is 26.8 Å². The third-order valence-corrected chi connectivity index (χ3v) is 2.20. The van der Waals surface area contributed by atoms with Crippen molar-refractivity contribution >= 4 is 5.78 Å². The minimum absolute atomic E-state index is 0.220. The minimum Gasteiger partial charge on any atom is -0.299 e. The van der Waals surface area contributed by atoms with E-state index in [4.69, 9.17) is 0 Å². The van der Waals surface area contributed by atoms with E-state index in [1.165, 1.54) is 0 Å². The first-order chi connectivity index (χ1) is 6.50. The minimum atomic E-state index is -0.220. The molecule has 0 aliphatic heterocycles. The van der Waals surface area contributed by atoms with E-state index in [1.807, 2.05) is 39.1 Å². The lowest BCUT2D eigenvalue weighted by Crippen LogP contribution is -2.20. The summed E-state index contributed by atoms with van der Waals surface area (Å²) in [4.78, 5) is 15.6. The summed E-state index contributed by atoms with van der Waals surface area (Å²) >= 11 is 0. The molecule has 0 fully saturated rings. The van der Waals surface area contributed by atoms with Gasteiger partial charge < -0.3 is 0 Å². The van der Waals surface area contributed by atoms with E-state index in [0.717, 1.165) is 12.0 Å². The van der Waals surface area contributed by atoms with E-state index in [-0.39, 0.29) is 5.41 Å². The lowest BCUT2D eigenvalue weighted by molar-refractivity contribution is -0.126. The molecule has 0 amide bonds. The largest absolute Gasteiger partial charge is 0.299 e. The number of ketones is 1. The Labute approximate surface area is 85.4 Å². The Hall–Kier alpha value is -1.18. The SMILES string of the molecule is CC(C)(C)C(=O)CCc1cccnc1. The maximum Gasteiger partial charge on any atom is 0.138 e. The smallest absolute Gasteiger partial charge is 0.138 e. The van der Waals surface area contributed by atoms with Gasteiger partial charge in [-0.3, -0.25) is 9.78 Å². The Morgan fingerprint density at radius 1 is 1.43 bits per heavy atom. The van der Waals surface area contributed by atoms with E-state index in [0.29, 0.717) is 12.2 Å². The van der Waals surface area contributed by atoms with Gasteiger partial charge in [0, 0.05) is 24.2 Å². The average molecular weight is 191 g/mol. The number of pyridine rings is 1. The van der Waals surface area contributed by atoms with Crippen molar-refractivity contribution in [1.82, 2.24) is 4.98 Å². The molecule has 1 rings (SSSR count). The van der Waals surface area contributed by atoms with Crippen molar-refractivity contribution in [1.29, 1.82) is 0 Å². The summed E-state index contributed by atoms with van der Waals surface area (Å²) in [6.07, 6.45) is 4.96. The summed E-state index contributed by atoms with van der Waals surface area (Å²) in [5.74, 6) is 0.307. The molecule has 2 heteroatoms. The van der Waals surface area contributed by atoms with Gasteiger partial charge in [-0.25, -0.2) is 0 Å². The molecule has 2 nitrogen and oxygen atoms in total. The molecule has 0 aliphatic rings. The molecule has 0 aromatic carbocycles. The van der Waals surface area contributed by atoms with E-state index in [1.54, 1.807) is 6.20 Å². The highest BCUT2D eigenvalue weighted by atomic mass is 16.1. The zero-order chi connectivity index (χ0) is 10.6. The van der Waals surface area contributed by atoms with Crippen molar-refractivity contribution in [2.75, 3.05) is 0 Å². The third kappa shape index (κ3) is 3.29. The highest BCUT2D eigenvalue weighted by Gasteiger charge is 2.20. The Morgan fingerprint density at radius 2 is 2.14 bits per heavy atom. The van der Waals surface area contributed by atoms with Gasteiger partial charge in [0.05, 0.1) is 0 Å². The quantitative estimate of drug-likeness (QED) is 0.735. The molecule has 0 aliphatic carbocycles.